The molecule has 0 unspecified atom stereocenters. The van der Waals surface area contributed by atoms with E-state index in [0.29, 0.717) is 13.2 Å². The molecule has 2 rings (SSSR count). The molecular weight excluding hydrogens is 190 g/mol. The zero-order valence-electron chi connectivity index (χ0n) is 9.12. The summed E-state index contributed by atoms with van der Waals surface area (Å²) < 4.78 is 0. The number of nitrogens with zero attached hydrogens (tertiary/aromatic N) is 1. The first-order valence-electron chi connectivity index (χ1n) is 5.21. The summed E-state index contributed by atoms with van der Waals surface area (Å²) in [6, 6.07) is 5.87. The minimum Gasteiger partial charge on any atom is -0.271 e. The predicted octanol–water partition coefficient (Wildman–Crippen LogP) is 2.08. The number of aryl methyl sites for hydroxylation is 2. The van der Waals surface area contributed by atoms with Crippen LogP contribution in [-0.4, -0.2) is 24.1 Å². The van der Waals surface area contributed by atoms with Crippen LogP contribution >= 0.6 is 0 Å². The van der Waals surface area contributed by atoms with E-state index in [0.717, 1.165) is 23.1 Å². The highest BCUT2D eigenvalue weighted by Gasteiger charge is 2.23. The van der Waals surface area contributed by atoms with Crippen LogP contribution in [0, 0.1) is 13.8 Å². The van der Waals surface area contributed by atoms with E-state index in [9.17, 15) is 4.79 Å². The number of hydrogen-bond donors (Lipinski definition) is 0. The molecule has 3 heteroatoms. The molecule has 1 fully saturated rings. The van der Waals surface area contributed by atoms with Crippen molar-refractivity contribution < 1.29 is 9.63 Å². The van der Waals surface area contributed by atoms with E-state index in [1.54, 1.807) is 0 Å². The summed E-state index contributed by atoms with van der Waals surface area (Å²) in [7, 11) is 0. The molecule has 1 heterocycles. The van der Waals surface area contributed by atoms with Gasteiger partial charge in [0, 0.05) is 5.56 Å². The topological polar surface area (TPSA) is 29.5 Å². The molecular formula is C12H15NO2. The lowest BCUT2D eigenvalue weighted by atomic mass is 10.0. The van der Waals surface area contributed by atoms with Crippen molar-refractivity contribution in [3.8, 4) is 0 Å². The van der Waals surface area contributed by atoms with Crippen LogP contribution in [-0.2, 0) is 4.84 Å². The predicted molar refractivity (Wildman–Crippen MR) is 57.5 cm³/mol. The van der Waals surface area contributed by atoms with Gasteiger partial charge in [0.05, 0.1) is 13.2 Å². The van der Waals surface area contributed by atoms with Gasteiger partial charge in [0.2, 0.25) is 0 Å². The maximum atomic E-state index is 12.1. The summed E-state index contributed by atoms with van der Waals surface area (Å²) in [5.74, 6) is -0.0110. The largest absolute Gasteiger partial charge is 0.277 e. The molecule has 0 aliphatic carbocycles. The van der Waals surface area contributed by atoms with Crippen molar-refractivity contribution >= 4 is 5.91 Å². The second-order valence-electron chi connectivity index (χ2n) is 3.86. The van der Waals surface area contributed by atoms with Crippen LogP contribution in [0.25, 0.3) is 0 Å². The quantitative estimate of drug-likeness (QED) is 0.702. The van der Waals surface area contributed by atoms with Crippen LogP contribution in [0.5, 0.6) is 0 Å². The second kappa shape index (κ2) is 4.03. The number of hydrogen-bond acceptors (Lipinski definition) is 2. The highest BCUT2D eigenvalue weighted by Crippen LogP contribution is 2.18. The highest BCUT2D eigenvalue weighted by molar-refractivity contribution is 5.96. The Hall–Kier alpha value is -1.35. The fraction of sp³-hybridized carbons (Fsp3) is 0.417. The van der Waals surface area contributed by atoms with E-state index >= 15 is 0 Å². The first-order chi connectivity index (χ1) is 7.20. The van der Waals surface area contributed by atoms with Crippen molar-refractivity contribution in [1.82, 2.24) is 5.06 Å². The van der Waals surface area contributed by atoms with E-state index in [1.165, 1.54) is 5.06 Å². The van der Waals surface area contributed by atoms with Crippen LogP contribution in [0.2, 0.25) is 0 Å². The monoisotopic (exact) mass is 205 g/mol. The number of amides is 1. The summed E-state index contributed by atoms with van der Waals surface area (Å²) in [5, 5.41) is 1.47. The van der Waals surface area contributed by atoms with Crippen LogP contribution in [0.3, 0.4) is 0 Å². The van der Waals surface area contributed by atoms with Gasteiger partial charge in [-0.1, -0.05) is 18.2 Å². The second-order valence-corrected chi connectivity index (χ2v) is 3.86. The first kappa shape index (κ1) is 10.2. The molecule has 1 amide bonds. The van der Waals surface area contributed by atoms with Gasteiger partial charge in [0.25, 0.3) is 5.91 Å². The minimum absolute atomic E-state index is 0.0110. The van der Waals surface area contributed by atoms with Gasteiger partial charge in [-0.3, -0.25) is 9.63 Å². The maximum absolute atomic E-state index is 12.1. The van der Waals surface area contributed by atoms with Crippen molar-refractivity contribution in [2.45, 2.75) is 20.3 Å². The summed E-state index contributed by atoms with van der Waals surface area (Å²) in [6.07, 6.45) is 0.927. The highest BCUT2D eigenvalue weighted by atomic mass is 16.7. The molecule has 1 aliphatic heterocycles. The molecule has 1 aromatic rings. The van der Waals surface area contributed by atoms with Crippen molar-refractivity contribution in [2.75, 3.05) is 13.2 Å². The van der Waals surface area contributed by atoms with E-state index in [1.807, 2.05) is 32.0 Å². The van der Waals surface area contributed by atoms with Crippen LogP contribution < -0.4 is 0 Å². The first-order valence-corrected chi connectivity index (χ1v) is 5.21. The van der Waals surface area contributed by atoms with Crippen molar-refractivity contribution in [2.24, 2.45) is 0 Å². The van der Waals surface area contributed by atoms with Crippen molar-refractivity contribution in [1.29, 1.82) is 0 Å². The fourth-order valence-corrected chi connectivity index (χ4v) is 1.88. The third-order valence-corrected chi connectivity index (χ3v) is 2.67. The van der Waals surface area contributed by atoms with Crippen LogP contribution in [0.15, 0.2) is 18.2 Å². The van der Waals surface area contributed by atoms with Gasteiger partial charge in [-0.05, 0) is 31.4 Å². The Morgan fingerprint density at radius 1 is 1.33 bits per heavy atom. The van der Waals surface area contributed by atoms with E-state index in [2.05, 4.69) is 0 Å². The number of carbonyl (C=O) groups is 1. The molecule has 0 spiro atoms. The SMILES string of the molecule is Cc1cccc(C)c1C(=O)N1CCCO1. The Bertz CT molecular complexity index is 361. The third kappa shape index (κ3) is 1.88. The summed E-state index contributed by atoms with van der Waals surface area (Å²) in [6.45, 7) is 5.26. The molecule has 0 N–H and O–H groups in total. The Kier molecular flexibility index (Phi) is 2.73. The van der Waals surface area contributed by atoms with Crippen molar-refractivity contribution in [3.05, 3.63) is 34.9 Å². The molecule has 0 saturated carbocycles. The Morgan fingerprint density at radius 3 is 2.53 bits per heavy atom. The molecule has 0 atom stereocenters. The number of benzene rings is 1. The molecule has 1 aliphatic rings. The minimum atomic E-state index is -0.0110. The van der Waals surface area contributed by atoms with Gasteiger partial charge in [-0.2, -0.15) is 0 Å². The van der Waals surface area contributed by atoms with Gasteiger partial charge in [0.15, 0.2) is 0 Å². The molecule has 1 saturated heterocycles. The zero-order chi connectivity index (χ0) is 10.8. The van der Waals surface area contributed by atoms with Gasteiger partial charge in [0.1, 0.15) is 0 Å². The fourth-order valence-electron chi connectivity index (χ4n) is 1.88. The molecule has 80 valence electrons. The van der Waals surface area contributed by atoms with Gasteiger partial charge >= 0.3 is 0 Å². The van der Waals surface area contributed by atoms with Crippen LogP contribution in [0.1, 0.15) is 27.9 Å². The normalized spacial score (nSPS) is 15.7. The zero-order valence-corrected chi connectivity index (χ0v) is 9.12. The smallest absolute Gasteiger partial charge is 0.271 e. The summed E-state index contributed by atoms with van der Waals surface area (Å²) >= 11 is 0. The average Bonchev–Trinajstić information content (AvgIpc) is 2.69. The van der Waals surface area contributed by atoms with Gasteiger partial charge in [-0.25, -0.2) is 5.06 Å². The molecule has 15 heavy (non-hydrogen) atoms. The van der Waals surface area contributed by atoms with Gasteiger partial charge in [-0.15, -0.1) is 0 Å². The molecule has 0 bridgehead atoms. The van der Waals surface area contributed by atoms with E-state index in [-0.39, 0.29) is 5.91 Å². The van der Waals surface area contributed by atoms with Gasteiger partial charge < -0.3 is 0 Å². The third-order valence-electron chi connectivity index (χ3n) is 2.67. The summed E-state index contributed by atoms with van der Waals surface area (Å²) in [4.78, 5) is 17.4. The lowest BCUT2D eigenvalue weighted by Gasteiger charge is -2.16. The van der Waals surface area contributed by atoms with E-state index in [4.69, 9.17) is 4.84 Å². The average molecular weight is 205 g/mol. The Labute approximate surface area is 89.6 Å². The molecule has 0 aromatic heterocycles. The Balaban J connectivity index is 2.32. The Morgan fingerprint density at radius 2 is 2.00 bits per heavy atom. The molecule has 1 aromatic carbocycles. The van der Waals surface area contributed by atoms with Crippen LogP contribution in [0.4, 0.5) is 0 Å². The summed E-state index contributed by atoms with van der Waals surface area (Å²) in [5.41, 5.74) is 2.80. The molecule has 3 nitrogen and oxygen atoms in total. The number of rotatable bonds is 1. The maximum Gasteiger partial charge on any atom is 0.277 e. The standard InChI is InChI=1S/C12H15NO2/c1-9-5-3-6-10(2)11(9)12(14)13-7-4-8-15-13/h3,5-6H,4,7-8H2,1-2H3. The number of hydroxylamine groups is 2. The van der Waals surface area contributed by atoms with E-state index < -0.39 is 0 Å². The molecule has 0 radical (unpaired) electrons. The lowest BCUT2D eigenvalue weighted by Crippen LogP contribution is -2.27. The lowest BCUT2D eigenvalue weighted by molar-refractivity contribution is -0.0769. The van der Waals surface area contributed by atoms with Crippen molar-refractivity contribution in [3.63, 3.8) is 0 Å². The number of carbonyl (C=O) groups excluding carboxylic acids is 1.